The lowest BCUT2D eigenvalue weighted by Crippen LogP contribution is -2.47. The Balaban J connectivity index is 1.69. The van der Waals surface area contributed by atoms with E-state index in [1.807, 2.05) is 12.3 Å². The summed E-state index contributed by atoms with van der Waals surface area (Å²) in [4.78, 5) is 18.9. The van der Waals surface area contributed by atoms with Gasteiger partial charge in [-0.05, 0) is 37.3 Å². The lowest BCUT2D eigenvalue weighted by molar-refractivity contribution is -0.142. The molecule has 2 aromatic rings. The van der Waals surface area contributed by atoms with Crippen LogP contribution in [0.2, 0.25) is 0 Å². The number of carbonyl (C=O) groups excluding carboxylic acids is 1. The van der Waals surface area contributed by atoms with Crippen molar-refractivity contribution in [2.45, 2.75) is 45.1 Å². The summed E-state index contributed by atoms with van der Waals surface area (Å²) in [5.74, 6) is 0.0320. The molecule has 3 rings (SSSR count). The summed E-state index contributed by atoms with van der Waals surface area (Å²) in [6, 6.07) is 10.7. The highest BCUT2D eigenvalue weighted by atomic mass is 16.5. The van der Waals surface area contributed by atoms with E-state index in [-0.39, 0.29) is 11.9 Å². The molecule has 1 unspecified atom stereocenters. The van der Waals surface area contributed by atoms with E-state index < -0.39 is 0 Å². The lowest BCUT2D eigenvalue weighted by Gasteiger charge is -2.45. The second kappa shape index (κ2) is 7.90. The average Bonchev–Trinajstić information content (AvgIpc) is 2.61. The maximum atomic E-state index is 12.0. The largest absolute Gasteiger partial charge is 0.543 e. The molecule has 0 N–H and O–H groups in total. The van der Waals surface area contributed by atoms with Gasteiger partial charge in [-0.15, -0.1) is 0 Å². The number of aromatic nitrogens is 1. The van der Waals surface area contributed by atoms with Crippen LogP contribution in [-0.2, 0) is 9.45 Å². The molecule has 1 saturated carbocycles. The zero-order valence-electron chi connectivity index (χ0n) is 15.0. The van der Waals surface area contributed by atoms with Crippen molar-refractivity contribution in [1.29, 1.82) is 0 Å². The van der Waals surface area contributed by atoms with E-state index >= 15 is 0 Å². The van der Waals surface area contributed by atoms with E-state index in [0.717, 1.165) is 48.7 Å². The molecule has 2 radical (unpaired) electrons. The first-order chi connectivity index (χ1) is 12.2. The standard InChI is InChI=1S/C20H25BN2O2/c1-3-4-9-17(20(24)25-21)15-12-16(13-15)23(2)18-10-5-7-14-8-6-11-22-19(14)18/h5-8,10-11,15-17H,3-4,9,12-13H2,1-2H3. The molecule has 5 heteroatoms. The third-order valence-electron chi connectivity index (χ3n) is 5.55. The monoisotopic (exact) mass is 336 g/mol. The summed E-state index contributed by atoms with van der Waals surface area (Å²) >= 11 is 0. The number of pyridine rings is 1. The Hall–Kier alpha value is -2.04. The van der Waals surface area contributed by atoms with E-state index in [1.165, 1.54) is 0 Å². The molecule has 0 bridgehead atoms. The molecule has 1 fully saturated rings. The average molecular weight is 336 g/mol. The van der Waals surface area contributed by atoms with Gasteiger partial charge >= 0.3 is 8.05 Å². The van der Waals surface area contributed by atoms with Gasteiger partial charge in [0, 0.05) is 24.7 Å². The van der Waals surface area contributed by atoms with Gasteiger partial charge in [0.2, 0.25) is 0 Å². The predicted molar refractivity (Wildman–Crippen MR) is 102 cm³/mol. The molecule has 25 heavy (non-hydrogen) atoms. The topological polar surface area (TPSA) is 42.4 Å². The summed E-state index contributed by atoms with van der Waals surface area (Å²) in [5.41, 5.74) is 2.17. The fourth-order valence-corrected chi connectivity index (χ4v) is 3.90. The van der Waals surface area contributed by atoms with Crippen LogP contribution in [0.15, 0.2) is 36.5 Å². The van der Waals surface area contributed by atoms with E-state index in [1.54, 1.807) is 0 Å². The Kier molecular flexibility index (Phi) is 5.62. The van der Waals surface area contributed by atoms with Crippen molar-refractivity contribution >= 4 is 30.6 Å². The lowest BCUT2D eigenvalue weighted by atomic mass is 9.70. The number of hydrogen-bond acceptors (Lipinski definition) is 4. The molecule has 0 spiro atoms. The zero-order valence-corrected chi connectivity index (χ0v) is 15.0. The van der Waals surface area contributed by atoms with Gasteiger partial charge in [0.15, 0.2) is 0 Å². The maximum absolute atomic E-state index is 12.0. The number of anilines is 1. The molecule has 0 saturated heterocycles. The SMILES string of the molecule is [B]OC(=O)C(CCCC)C1CC(N(C)c2cccc3cccnc23)C1. The van der Waals surface area contributed by atoms with Crippen molar-refractivity contribution in [2.24, 2.45) is 11.8 Å². The highest BCUT2D eigenvalue weighted by Crippen LogP contribution is 2.41. The van der Waals surface area contributed by atoms with Crippen LogP contribution in [0.5, 0.6) is 0 Å². The fraction of sp³-hybridized carbons (Fsp3) is 0.500. The van der Waals surface area contributed by atoms with Gasteiger partial charge in [-0.25, -0.2) is 0 Å². The predicted octanol–water partition coefficient (Wildman–Crippen LogP) is 3.88. The van der Waals surface area contributed by atoms with Crippen LogP contribution >= 0.6 is 0 Å². The first kappa shape index (κ1) is 17.8. The second-order valence-electron chi connectivity index (χ2n) is 7.03. The smallest absolute Gasteiger partial charge is 0.378 e. The Morgan fingerprint density at radius 2 is 2.12 bits per heavy atom. The van der Waals surface area contributed by atoms with Crippen LogP contribution in [0.4, 0.5) is 5.69 Å². The quantitative estimate of drug-likeness (QED) is 0.720. The Morgan fingerprint density at radius 1 is 1.36 bits per heavy atom. The Labute approximate surface area is 151 Å². The summed E-state index contributed by atoms with van der Waals surface area (Å²) < 4.78 is 4.54. The van der Waals surface area contributed by atoms with Gasteiger partial charge < -0.3 is 9.55 Å². The zero-order chi connectivity index (χ0) is 17.8. The first-order valence-electron chi connectivity index (χ1n) is 9.12. The molecule has 1 aromatic heterocycles. The van der Waals surface area contributed by atoms with Gasteiger partial charge in [-0.2, -0.15) is 0 Å². The number of para-hydroxylation sites is 1. The first-order valence-corrected chi connectivity index (χ1v) is 9.12. The number of benzene rings is 1. The van der Waals surface area contributed by atoms with Crippen molar-refractivity contribution in [3.05, 3.63) is 36.5 Å². The minimum absolute atomic E-state index is 0.0692. The number of fused-ring (bicyclic) bond motifs is 1. The minimum Gasteiger partial charge on any atom is -0.543 e. The van der Waals surface area contributed by atoms with Gasteiger partial charge in [0.05, 0.1) is 17.1 Å². The van der Waals surface area contributed by atoms with Crippen molar-refractivity contribution in [2.75, 3.05) is 11.9 Å². The van der Waals surface area contributed by atoms with Crippen LogP contribution < -0.4 is 4.90 Å². The van der Waals surface area contributed by atoms with E-state index in [0.29, 0.717) is 12.0 Å². The molecular formula is C20H25BN2O2. The molecule has 1 heterocycles. The molecule has 1 aromatic carbocycles. The van der Waals surface area contributed by atoms with Crippen LogP contribution in [-0.4, -0.2) is 32.1 Å². The Bertz CT molecular complexity index is 725. The number of carbonyl (C=O) groups is 1. The maximum Gasteiger partial charge on any atom is 0.378 e. The highest BCUT2D eigenvalue weighted by molar-refractivity contribution is 6.05. The van der Waals surface area contributed by atoms with Crippen LogP contribution in [0.3, 0.4) is 0 Å². The fourth-order valence-electron chi connectivity index (χ4n) is 3.90. The van der Waals surface area contributed by atoms with Crippen LogP contribution in [0, 0.1) is 11.8 Å². The van der Waals surface area contributed by atoms with Gasteiger partial charge in [-0.1, -0.05) is 38.0 Å². The summed E-state index contributed by atoms with van der Waals surface area (Å²) in [7, 11) is 7.26. The van der Waals surface area contributed by atoms with E-state index in [4.69, 9.17) is 8.05 Å². The third kappa shape index (κ3) is 3.65. The van der Waals surface area contributed by atoms with Crippen LogP contribution in [0.25, 0.3) is 10.9 Å². The summed E-state index contributed by atoms with van der Waals surface area (Å²) in [6.45, 7) is 2.13. The molecule has 1 atom stereocenters. The number of nitrogens with zero attached hydrogens (tertiary/aromatic N) is 2. The van der Waals surface area contributed by atoms with Gasteiger partial charge in [0.25, 0.3) is 5.97 Å². The van der Waals surface area contributed by atoms with Crippen molar-refractivity contribution < 1.29 is 9.45 Å². The van der Waals surface area contributed by atoms with Gasteiger partial charge in [-0.3, -0.25) is 9.78 Å². The highest BCUT2D eigenvalue weighted by Gasteiger charge is 2.40. The van der Waals surface area contributed by atoms with E-state index in [2.05, 4.69) is 52.8 Å². The molecule has 4 nitrogen and oxygen atoms in total. The second-order valence-corrected chi connectivity index (χ2v) is 7.03. The normalized spacial score (nSPS) is 20.7. The van der Waals surface area contributed by atoms with E-state index in [9.17, 15) is 4.79 Å². The van der Waals surface area contributed by atoms with Crippen molar-refractivity contribution in [3.8, 4) is 0 Å². The third-order valence-corrected chi connectivity index (χ3v) is 5.55. The summed E-state index contributed by atoms with van der Waals surface area (Å²) in [6.07, 6.45) is 6.78. The molecular weight excluding hydrogens is 311 g/mol. The summed E-state index contributed by atoms with van der Waals surface area (Å²) in [5, 5.41) is 1.15. The number of unbranched alkanes of at least 4 members (excludes halogenated alkanes) is 1. The van der Waals surface area contributed by atoms with Crippen molar-refractivity contribution in [3.63, 3.8) is 0 Å². The van der Waals surface area contributed by atoms with Crippen LogP contribution in [0.1, 0.15) is 39.0 Å². The minimum atomic E-state index is -0.258. The van der Waals surface area contributed by atoms with Crippen molar-refractivity contribution in [1.82, 2.24) is 4.98 Å². The molecule has 1 aliphatic carbocycles. The number of rotatable bonds is 7. The Morgan fingerprint density at radius 3 is 2.84 bits per heavy atom. The number of hydrogen-bond donors (Lipinski definition) is 0. The molecule has 0 amide bonds. The molecule has 0 aliphatic heterocycles. The molecule has 1 aliphatic rings. The molecule has 130 valence electrons. The van der Waals surface area contributed by atoms with Gasteiger partial charge in [0.1, 0.15) is 0 Å².